The zero-order valence-corrected chi connectivity index (χ0v) is 4.04. The van der Waals surface area contributed by atoms with Gasteiger partial charge >= 0.3 is 0 Å². The minimum atomic E-state index is -3.56. The Morgan fingerprint density at radius 2 is 2.14 bits per heavy atom. The third-order valence-corrected chi connectivity index (χ3v) is 0.578. The zero-order valence-electron chi connectivity index (χ0n) is 12.3. The molecule has 0 atom stereocenters. The van der Waals surface area contributed by atoms with Gasteiger partial charge in [0.05, 0.1) is 0 Å². The van der Waals surface area contributed by atoms with Gasteiger partial charge in [-0.15, -0.1) is 0 Å². The second-order valence-corrected chi connectivity index (χ2v) is 1.37. The SMILES string of the molecule is [2H]C([2H])([2H])C(C(=O)Cl)(C([2H])([2H])[2H])C([2H])([2H])[2H]. The molecule has 0 spiro atoms. The maximum atomic E-state index is 11.1. The predicted octanol–water partition coefficient (Wildman–Crippen LogP) is 1.80. The summed E-state index contributed by atoms with van der Waals surface area (Å²) in [5.74, 6) is 0. The monoisotopic (exact) mass is 129 g/mol. The molecular formula is C5H9ClO. The molecule has 0 rings (SSSR count). The van der Waals surface area contributed by atoms with Crippen molar-refractivity contribution in [1.29, 1.82) is 0 Å². The van der Waals surface area contributed by atoms with Crippen LogP contribution in [-0.4, -0.2) is 5.24 Å². The first kappa shape index (κ1) is 1.10. The van der Waals surface area contributed by atoms with Crippen LogP contribution in [-0.2, 0) is 4.79 Å². The van der Waals surface area contributed by atoms with Gasteiger partial charge in [0, 0.05) is 17.8 Å². The van der Waals surface area contributed by atoms with E-state index < -0.39 is 31.2 Å². The van der Waals surface area contributed by atoms with Crippen LogP contribution < -0.4 is 0 Å². The molecule has 0 aromatic carbocycles. The van der Waals surface area contributed by atoms with E-state index in [1.807, 2.05) is 0 Å². The molecule has 0 amide bonds. The van der Waals surface area contributed by atoms with Crippen LogP contribution in [0.3, 0.4) is 0 Å². The van der Waals surface area contributed by atoms with Crippen LogP contribution in [0.25, 0.3) is 0 Å². The fraction of sp³-hybridized carbons (Fsp3) is 0.800. The van der Waals surface area contributed by atoms with Crippen molar-refractivity contribution in [2.45, 2.75) is 20.6 Å². The van der Waals surface area contributed by atoms with Gasteiger partial charge in [0.2, 0.25) is 5.24 Å². The van der Waals surface area contributed by atoms with E-state index in [4.69, 9.17) is 23.9 Å². The second kappa shape index (κ2) is 1.83. The van der Waals surface area contributed by atoms with E-state index in [1.54, 1.807) is 0 Å². The summed E-state index contributed by atoms with van der Waals surface area (Å²) in [5, 5.41) is -1.91. The van der Waals surface area contributed by atoms with E-state index in [2.05, 4.69) is 0 Å². The lowest BCUT2D eigenvalue weighted by atomic mass is 10.00. The Kier molecular flexibility index (Phi) is 0.288. The summed E-state index contributed by atoms with van der Waals surface area (Å²) in [6, 6.07) is 0. The summed E-state index contributed by atoms with van der Waals surface area (Å²) in [7, 11) is 0. The minimum absolute atomic E-state index is 1.91. The lowest BCUT2D eigenvalue weighted by Gasteiger charge is -2.08. The molecule has 0 aromatic rings. The van der Waals surface area contributed by atoms with Gasteiger partial charge in [-0.05, 0) is 11.6 Å². The first-order chi connectivity index (χ1) is 6.69. The highest BCUT2D eigenvalue weighted by Crippen LogP contribution is 2.15. The van der Waals surface area contributed by atoms with Gasteiger partial charge in [-0.1, -0.05) is 20.6 Å². The molecule has 0 aliphatic rings. The van der Waals surface area contributed by atoms with Gasteiger partial charge < -0.3 is 0 Å². The highest BCUT2D eigenvalue weighted by Gasteiger charge is 2.17. The quantitative estimate of drug-likeness (QED) is 0.456. The number of rotatable bonds is 0. The third kappa shape index (κ3) is 2.63. The van der Waals surface area contributed by atoms with Crippen molar-refractivity contribution in [1.82, 2.24) is 0 Å². The van der Waals surface area contributed by atoms with E-state index in [0.29, 0.717) is 0 Å². The van der Waals surface area contributed by atoms with Crippen LogP contribution in [0.1, 0.15) is 32.9 Å². The van der Waals surface area contributed by atoms with Gasteiger partial charge in [-0.25, -0.2) is 0 Å². The molecule has 0 aliphatic heterocycles. The molecule has 0 N–H and O–H groups in total. The van der Waals surface area contributed by atoms with E-state index in [1.165, 1.54) is 0 Å². The molecule has 0 saturated heterocycles. The van der Waals surface area contributed by atoms with E-state index in [-0.39, 0.29) is 0 Å². The van der Waals surface area contributed by atoms with Gasteiger partial charge in [0.15, 0.2) is 0 Å². The maximum Gasteiger partial charge on any atom is 0.226 e. The molecule has 0 heterocycles. The van der Waals surface area contributed by atoms with Crippen molar-refractivity contribution in [3.05, 3.63) is 0 Å². The smallest absolute Gasteiger partial charge is 0.226 e. The first-order valence-electron chi connectivity index (χ1n) is 5.89. The second-order valence-electron chi connectivity index (χ2n) is 1.02. The van der Waals surface area contributed by atoms with E-state index in [9.17, 15) is 4.79 Å². The summed E-state index contributed by atoms with van der Waals surface area (Å²) in [6.07, 6.45) is 0. The summed E-state index contributed by atoms with van der Waals surface area (Å²) in [4.78, 5) is 11.1. The minimum Gasteiger partial charge on any atom is -0.281 e. The highest BCUT2D eigenvalue weighted by molar-refractivity contribution is 6.64. The first-order valence-corrected chi connectivity index (χ1v) is 1.77. The average molecular weight is 130 g/mol. The number of hydrogen-bond donors (Lipinski definition) is 0. The van der Waals surface area contributed by atoms with Gasteiger partial charge in [0.1, 0.15) is 0 Å². The Morgan fingerprint density at radius 3 is 2.14 bits per heavy atom. The molecule has 0 fully saturated rings. The Balaban J connectivity index is 6.17. The zero-order chi connectivity index (χ0) is 13.6. The van der Waals surface area contributed by atoms with Crippen LogP contribution in [0.15, 0.2) is 0 Å². The Hall–Kier alpha value is -0.0400. The fourth-order valence-corrected chi connectivity index (χ4v) is 0. The van der Waals surface area contributed by atoms with Crippen LogP contribution in [0.2, 0.25) is 0 Å². The van der Waals surface area contributed by atoms with Crippen LogP contribution in [0.5, 0.6) is 0 Å². The van der Waals surface area contributed by atoms with Crippen LogP contribution in [0, 0.1) is 5.41 Å². The Morgan fingerprint density at radius 1 is 1.71 bits per heavy atom. The van der Waals surface area contributed by atoms with Gasteiger partial charge in [-0.3, -0.25) is 4.79 Å². The van der Waals surface area contributed by atoms with Gasteiger partial charge in [0.25, 0.3) is 0 Å². The van der Waals surface area contributed by atoms with Crippen molar-refractivity contribution in [2.75, 3.05) is 0 Å². The lowest BCUT2D eigenvalue weighted by Crippen LogP contribution is -2.13. The molecule has 0 radical (unpaired) electrons. The lowest BCUT2D eigenvalue weighted by molar-refractivity contribution is -0.118. The Bertz CT molecular complexity index is 248. The normalized spacial score (nSPS) is 35.9. The summed E-state index contributed by atoms with van der Waals surface area (Å²) in [5.41, 5.74) is -3.56. The largest absolute Gasteiger partial charge is 0.281 e. The molecule has 1 nitrogen and oxygen atoms in total. The number of halogens is 1. The topological polar surface area (TPSA) is 17.1 Å². The van der Waals surface area contributed by atoms with E-state index in [0.717, 1.165) is 0 Å². The predicted molar refractivity (Wildman–Crippen MR) is 30.3 cm³/mol. The van der Waals surface area contributed by atoms with Crippen molar-refractivity contribution < 1.29 is 17.1 Å². The number of hydrogen-bond acceptors (Lipinski definition) is 1. The summed E-state index contributed by atoms with van der Waals surface area (Å²) in [6.45, 7) is -10.7. The average Bonchev–Trinajstić information content (AvgIpc) is 1.71. The van der Waals surface area contributed by atoms with Gasteiger partial charge in [-0.2, -0.15) is 0 Å². The molecule has 0 bridgehead atoms. The molecule has 0 unspecified atom stereocenters. The number of carbonyl (C=O) groups is 1. The van der Waals surface area contributed by atoms with E-state index >= 15 is 0 Å². The fourth-order valence-electron chi connectivity index (χ4n) is 0. The summed E-state index contributed by atoms with van der Waals surface area (Å²) >= 11 is 4.94. The Labute approximate surface area is 61.3 Å². The molecular weight excluding hydrogens is 112 g/mol. The molecule has 0 saturated carbocycles. The van der Waals surface area contributed by atoms with Crippen molar-refractivity contribution >= 4 is 16.8 Å². The van der Waals surface area contributed by atoms with Crippen molar-refractivity contribution in [3.63, 3.8) is 0 Å². The summed E-state index contributed by atoms with van der Waals surface area (Å²) < 4.78 is 62.9. The standard InChI is InChI=1S/C5H9ClO/c1-5(2,3)4(6)7/h1-3H3/i1D3,2D3,3D3. The maximum absolute atomic E-state index is 11.1. The highest BCUT2D eigenvalue weighted by atomic mass is 35.5. The van der Waals surface area contributed by atoms with Crippen molar-refractivity contribution in [2.24, 2.45) is 5.41 Å². The van der Waals surface area contributed by atoms with Crippen molar-refractivity contribution in [3.8, 4) is 0 Å². The molecule has 7 heavy (non-hydrogen) atoms. The van der Waals surface area contributed by atoms with Crippen LogP contribution in [0.4, 0.5) is 0 Å². The molecule has 0 aromatic heterocycles. The molecule has 0 aliphatic carbocycles. The van der Waals surface area contributed by atoms with Crippen LogP contribution >= 0.6 is 11.6 Å². The molecule has 2 heteroatoms. The number of carbonyl (C=O) groups excluding carboxylic acids is 1. The molecule has 42 valence electrons. The third-order valence-electron chi connectivity index (χ3n) is 0.295.